The lowest BCUT2D eigenvalue weighted by molar-refractivity contribution is 0.231. The number of pyridine rings is 1. The Labute approximate surface area is 94.4 Å². The summed E-state index contributed by atoms with van der Waals surface area (Å²) in [6, 6.07) is 3.59. The molecule has 1 aromatic heterocycles. The van der Waals surface area contributed by atoms with Gasteiger partial charge in [-0.2, -0.15) is 4.98 Å². The molecule has 0 aliphatic heterocycles. The van der Waals surface area contributed by atoms with E-state index in [1.807, 2.05) is 19.9 Å². The van der Waals surface area contributed by atoms with Crippen LogP contribution in [0.1, 0.15) is 26.7 Å². The first kappa shape index (κ1) is 10.6. The minimum Gasteiger partial charge on any atom is -0.487 e. The zero-order valence-corrected chi connectivity index (χ0v) is 9.62. The van der Waals surface area contributed by atoms with Crippen molar-refractivity contribution in [3.8, 4) is 11.6 Å². The monoisotopic (exact) mass is 227 g/mol. The van der Waals surface area contributed by atoms with Crippen molar-refractivity contribution >= 4 is 11.6 Å². The molecule has 2 rings (SSSR count). The number of halogens is 1. The summed E-state index contributed by atoms with van der Waals surface area (Å²) in [4.78, 5) is 4.11. The molecule has 0 atom stereocenters. The van der Waals surface area contributed by atoms with Crippen molar-refractivity contribution in [2.24, 2.45) is 0 Å². The van der Waals surface area contributed by atoms with Crippen molar-refractivity contribution in [1.82, 2.24) is 4.98 Å². The molecule has 82 valence electrons. The summed E-state index contributed by atoms with van der Waals surface area (Å²) >= 11 is 5.97. The largest absolute Gasteiger partial charge is 0.487 e. The summed E-state index contributed by atoms with van der Waals surface area (Å²) in [6.45, 7) is 3.90. The second-order valence-electron chi connectivity index (χ2n) is 3.92. The van der Waals surface area contributed by atoms with Gasteiger partial charge >= 0.3 is 0 Å². The van der Waals surface area contributed by atoms with E-state index >= 15 is 0 Å². The number of aromatic nitrogens is 1. The van der Waals surface area contributed by atoms with Gasteiger partial charge in [0, 0.05) is 6.07 Å². The van der Waals surface area contributed by atoms with Crippen LogP contribution in [-0.4, -0.2) is 17.2 Å². The quantitative estimate of drug-likeness (QED) is 0.741. The molecule has 0 aromatic carbocycles. The van der Waals surface area contributed by atoms with Crippen LogP contribution in [0.25, 0.3) is 0 Å². The van der Waals surface area contributed by atoms with E-state index in [1.54, 1.807) is 6.07 Å². The summed E-state index contributed by atoms with van der Waals surface area (Å²) in [5.41, 5.74) is 0. The number of hydrogen-bond donors (Lipinski definition) is 0. The molecule has 1 saturated carbocycles. The highest BCUT2D eigenvalue weighted by Crippen LogP contribution is 2.32. The smallest absolute Gasteiger partial charge is 0.215 e. The van der Waals surface area contributed by atoms with Gasteiger partial charge in [0.1, 0.15) is 0 Å². The van der Waals surface area contributed by atoms with Crippen LogP contribution in [0.5, 0.6) is 11.6 Å². The molecule has 0 amide bonds. The zero-order valence-electron chi connectivity index (χ0n) is 8.87. The van der Waals surface area contributed by atoms with E-state index in [0.717, 1.165) is 12.8 Å². The Bertz CT molecular complexity index is 350. The minimum atomic E-state index is 0.101. The number of ether oxygens (including phenoxy) is 2. The van der Waals surface area contributed by atoms with Crippen LogP contribution in [0.2, 0.25) is 5.15 Å². The van der Waals surface area contributed by atoms with E-state index in [9.17, 15) is 0 Å². The van der Waals surface area contributed by atoms with Gasteiger partial charge in [-0.25, -0.2) is 0 Å². The number of rotatable bonds is 4. The van der Waals surface area contributed by atoms with Crippen LogP contribution >= 0.6 is 11.6 Å². The maximum atomic E-state index is 5.97. The summed E-state index contributed by atoms with van der Waals surface area (Å²) in [5.74, 6) is 1.19. The van der Waals surface area contributed by atoms with Crippen LogP contribution in [0, 0.1) is 0 Å². The molecule has 0 unspecified atom stereocenters. The molecule has 1 aliphatic rings. The van der Waals surface area contributed by atoms with Crippen LogP contribution in [0.4, 0.5) is 0 Å². The van der Waals surface area contributed by atoms with E-state index in [1.165, 1.54) is 0 Å². The molecule has 0 saturated heterocycles. The van der Waals surface area contributed by atoms with Gasteiger partial charge in [0.25, 0.3) is 0 Å². The minimum absolute atomic E-state index is 0.101. The molecular formula is C11H14ClNO2. The summed E-state index contributed by atoms with van der Waals surface area (Å²) in [5, 5.41) is 0.375. The predicted octanol–water partition coefficient (Wildman–Crippen LogP) is 3.06. The van der Waals surface area contributed by atoms with Crippen molar-refractivity contribution < 1.29 is 9.47 Å². The van der Waals surface area contributed by atoms with Gasteiger partial charge in [-0.1, -0.05) is 11.6 Å². The fraction of sp³-hybridized carbons (Fsp3) is 0.545. The van der Waals surface area contributed by atoms with Crippen molar-refractivity contribution in [3.05, 3.63) is 17.3 Å². The van der Waals surface area contributed by atoms with Crippen molar-refractivity contribution in [2.45, 2.75) is 38.9 Å². The molecule has 0 radical (unpaired) electrons. The summed E-state index contributed by atoms with van der Waals surface area (Å²) < 4.78 is 11.0. The Morgan fingerprint density at radius 3 is 2.67 bits per heavy atom. The van der Waals surface area contributed by atoms with E-state index in [-0.39, 0.29) is 6.10 Å². The third kappa shape index (κ3) is 2.99. The molecule has 1 heterocycles. The average molecular weight is 228 g/mol. The lowest BCUT2D eigenvalue weighted by Gasteiger charge is -2.10. The van der Waals surface area contributed by atoms with Gasteiger partial charge in [-0.15, -0.1) is 0 Å². The normalized spacial score (nSPS) is 15.5. The standard InChI is InChI=1S/C11H14ClNO2/c1-7(2)14-10-6-5-9(11(12)13-10)15-8-3-4-8/h5-8H,3-4H2,1-2H3. The molecule has 15 heavy (non-hydrogen) atoms. The molecule has 3 nitrogen and oxygen atoms in total. The van der Waals surface area contributed by atoms with Crippen molar-refractivity contribution in [3.63, 3.8) is 0 Å². The fourth-order valence-corrected chi connectivity index (χ4v) is 1.36. The SMILES string of the molecule is CC(C)Oc1ccc(OC2CC2)c(Cl)n1. The molecule has 0 bridgehead atoms. The Morgan fingerprint density at radius 1 is 1.40 bits per heavy atom. The van der Waals surface area contributed by atoms with Gasteiger partial charge in [0.05, 0.1) is 12.2 Å². The Kier molecular flexibility index (Phi) is 3.00. The Hall–Kier alpha value is -0.960. The molecule has 1 aliphatic carbocycles. The van der Waals surface area contributed by atoms with Crippen molar-refractivity contribution in [2.75, 3.05) is 0 Å². The third-order valence-corrected chi connectivity index (χ3v) is 2.23. The maximum absolute atomic E-state index is 5.97. The fourth-order valence-electron chi connectivity index (χ4n) is 1.17. The van der Waals surface area contributed by atoms with Gasteiger partial charge < -0.3 is 9.47 Å². The first-order chi connectivity index (χ1) is 7.15. The van der Waals surface area contributed by atoms with Crippen LogP contribution in [0.15, 0.2) is 12.1 Å². The zero-order chi connectivity index (χ0) is 10.8. The van der Waals surface area contributed by atoms with Crippen LogP contribution < -0.4 is 9.47 Å². The maximum Gasteiger partial charge on any atom is 0.215 e. The second kappa shape index (κ2) is 4.27. The van der Waals surface area contributed by atoms with E-state index in [4.69, 9.17) is 21.1 Å². The molecule has 1 fully saturated rings. The summed E-state index contributed by atoms with van der Waals surface area (Å²) in [6.07, 6.45) is 2.66. The Morgan fingerprint density at radius 2 is 2.13 bits per heavy atom. The molecule has 4 heteroatoms. The first-order valence-electron chi connectivity index (χ1n) is 5.15. The predicted molar refractivity (Wildman–Crippen MR) is 58.7 cm³/mol. The topological polar surface area (TPSA) is 31.4 Å². The first-order valence-corrected chi connectivity index (χ1v) is 5.53. The molecule has 1 aromatic rings. The molecule has 0 N–H and O–H groups in total. The van der Waals surface area contributed by atoms with E-state index in [2.05, 4.69) is 4.98 Å². The van der Waals surface area contributed by atoms with Gasteiger partial charge in [0.2, 0.25) is 5.88 Å². The van der Waals surface area contributed by atoms with E-state index in [0.29, 0.717) is 22.9 Å². The van der Waals surface area contributed by atoms with E-state index < -0.39 is 0 Å². The van der Waals surface area contributed by atoms with Gasteiger partial charge in [-0.3, -0.25) is 0 Å². The average Bonchev–Trinajstić information content (AvgIpc) is 2.92. The summed E-state index contributed by atoms with van der Waals surface area (Å²) in [7, 11) is 0. The molecular weight excluding hydrogens is 214 g/mol. The number of hydrogen-bond acceptors (Lipinski definition) is 3. The third-order valence-electron chi connectivity index (χ3n) is 1.96. The van der Waals surface area contributed by atoms with Gasteiger partial charge in [0.15, 0.2) is 10.9 Å². The number of nitrogens with zero attached hydrogens (tertiary/aromatic N) is 1. The van der Waals surface area contributed by atoms with Crippen LogP contribution in [0.3, 0.4) is 0 Å². The molecule has 0 spiro atoms. The van der Waals surface area contributed by atoms with Crippen LogP contribution in [-0.2, 0) is 0 Å². The van der Waals surface area contributed by atoms with Gasteiger partial charge in [-0.05, 0) is 32.8 Å². The Balaban J connectivity index is 2.07. The highest BCUT2D eigenvalue weighted by molar-refractivity contribution is 6.30. The second-order valence-corrected chi connectivity index (χ2v) is 4.28. The highest BCUT2D eigenvalue weighted by Gasteiger charge is 2.24. The lowest BCUT2D eigenvalue weighted by atomic mass is 10.4. The highest BCUT2D eigenvalue weighted by atomic mass is 35.5. The lowest BCUT2D eigenvalue weighted by Crippen LogP contribution is -2.07. The van der Waals surface area contributed by atoms with Crippen molar-refractivity contribution in [1.29, 1.82) is 0 Å².